The van der Waals surface area contributed by atoms with Crippen LogP contribution in [-0.2, 0) is 10.0 Å². The summed E-state index contributed by atoms with van der Waals surface area (Å²) in [5, 5.41) is 0.274. The van der Waals surface area contributed by atoms with Gasteiger partial charge < -0.3 is 0 Å². The molecule has 0 amide bonds. The number of nitrogens with zero attached hydrogens (tertiary/aromatic N) is 2. The van der Waals surface area contributed by atoms with Crippen molar-refractivity contribution in [1.82, 2.24) is 8.75 Å². The SMILES string of the molecule is O=S(=O)(Nc1c(Cl)ccc2nsnc12)c1ccc(Br)cc1. The molecule has 0 aliphatic heterocycles. The maximum atomic E-state index is 12.4. The molecule has 0 aliphatic carbocycles. The first-order valence-electron chi connectivity index (χ1n) is 5.66. The number of halogens is 2. The highest BCUT2D eigenvalue weighted by atomic mass is 79.9. The smallest absolute Gasteiger partial charge is 0.262 e. The fraction of sp³-hybridized carbons (Fsp3) is 0. The van der Waals surface area contributed by atoms with Crippen molar-refractivity contribution < 1.29 is 8.42 Å². The van der Waals surface area contributed by atoms with Crippen LogP contribution in [0.4, 0.5) is 5.69 Å². The number of hydrogen-bond donors (Lipinski definition) is 1. The Labute approximate surface area is 138 Å². The fourth-order valence-electron chi connectivity index (χ4n) is 1.73. The van der Waals surface area contributed by atoms with Crippen molar-refractivity contribution in [2.24, 2.45) is 0 Å². The predicted molar refractivity (Wildman–Crippen MR) is 87.4 cm³/mol. The van der Waals surface area contributed by atoms with Crippen LogP contribution < -0.4 is 4.72 Å². The first-order chi connectivity index (χ1) is 9.97. The first-order valence-corrected chi connectivity index (χ1v) is 9.05. The van der Waals surface area contributed by atoms with Crippen molar-refractivity contribution in [3.63, 3.8) is 0 Å². The molecule has 21 heavy (non-hydrogen) atoms. The molecule has 0 saturated heterocycles. The van der Waals surface area contributed by atoms with E-state index < -0.39 is 10.0 Å². The van der Waals surface area contributed by atoms with Crippen LogP contribution in [0.5, 0.6) is 0 Å². The zero-order valence-electron chi connectivity index (χ0n) is 10.2. The van der Waals surface area contributed by atoms with Gasteiger partial charge in [0.25, 0.3) is 10.0 Å². The third kappa shape index (κ3) is 2.89. The quantitative estimate of drug-likeness (QED) is 0.718. The third-order valence-corrected chi connectivity index (χ3v) is 5.49. The molecule has 3 rings (SSSR count). The van der Waals surface area contributed by atoms with Gasteiger partial charge in [0.15, 0.2) is 0 Å². The zero-order chi connectivity index (χ0) is 15.0. The summed E-state index contributed by atoms with van der Waals surface area (Å²) in [6.07, 6.45) is 0. The fourth-order valence-corrected chi connectivity index (χ4v) is 3.88. The lowest BCUT2D eigenvalue weighted by molar-refractivity contribution is 0.601. The molecule has 0 atom stereocenters. The monoisotopic (exact) mass is 403 g/mol. The number of hydrogen-bond acceptors (Lipinski definition) is 5. The summed E-state index contributed by atoms with van der Waals surface area (Å²) in [6.45, 7) is 0. The van der Waals surface area contributed by atoms with Gasteiger partial charge in [-0.15, -0.1) is 0 Å². The number of aromatic nitrogens is 2. The summed E-state index contributed by atoms with van der Waals surface area (Å²) in [5.74, 6) is 0. The molecule has 3 aromatic rings. The molecular formula is C12H7BrClN3O2S2. The summed E-state index contributed by atoms with van der Waals surface area (Å²) in [5.41, 5.74) is 1.27. The number of sulfonamides is 1. The van der Waals surface area contributed by atoms with Gasteiger partial charge in [-0.05, 0) is 36.4 Å². The van der Waals surface area contributed by atoms with Crippen molar-refractivity contribution in [2.75, 3.05) is 4.72 Å². The van der Waals surface area contributed by atoms with Gasteiger partial charge in [-0.1, -0.05) is 27.5 Å². The molecule has 9 heteroatoms. The Balaban J connectivity index is 2.07. The predicted octanol–water partition coefficient (Wildman–Crippen LogP) is 3.91. The number of anilines is 1. The highest BCUT2D eigenvalue weighted by Crippen LogP contribution is 2.31. The maximum absolute atomic E-state index is 12.4. The van der Waals surface area contributed by atoms with Crippen LogP contribution in [0.2, 0.25) is 5.02 Å². The van der Waals surface area contributed by atoms with Crippen LogP contribution in [0.15, 0.2) is 45.8 Å². The number of fused-ring (bicyclic) bond motifs is 1. The standard InChI is InChI=1S/C12H7BrClN3O2S2/c13-7-1-3-8(4-2-7)21(18,19)17-11-9(14)5-6-10-12(11)16-20-15-10/h1-6,17H. The van der Waals surface area contributed by atoms with Gasteiger partial charge in [-0.3, -0.25) is 4.72 Å². The summed E-state index contributed by atoms with van der Waals surface area (Å²) in [4.78, 5) is 0.141. The Kier molecular flexibility index (Phi) is 3.87. The second kappa shape index (κ2) is 5.53. The molecule has 1 heterocycles. The van der Waals surface area contributed by atoms with E-state index in [1.807, 2.05) is 0 Å². The van der Waals surface area contributed by atoms with E-state index in [-0.39, 0.29) is 15.6 Å². The molecule has 2 aromatic carbocycles. The van der Waals surface area contributed by atoms with Crippen molar-refractivity contribution in [2.45, 2.75) is 4.90 Å². The summed E-state index contributed by atoms with van der Waals surface area (Å²) >= 11 is 10.3. The van der Waals surface area contributed by atoms with Gasteiger partial charge in [0.1, 0.15) is 11.0 Å². The van der Waals surface area contributed by atoms with Crippen molar-refractivity contribution in [3.05, 3.63) is 45.9 Å². The van der Waals surface area contributed by atoms with Gasteiger partial charge in [0.05, 0.1) is 27.3 Å². The third-order valence-electron chi connectivity index (χ3n) is 2.74. The molecule has 0 bridgehead atoms. The molecule has 0 fully saturated rings. The van der Waals surface area contributed by atoms with E-state index in [0.29, 0.717) is 11.0 Å². The second-order valence-corrected chi connectivity index (χ2v) is 7.65. The summed E-state index contributed by atoms with van der Waals surface area (Å²) in [7, 11) is -3.74. The highest BCUT2D eigenvalue weighted by Gasteiger charge is 2.19. The Morgan fingerprint density at radius 1 is 1.10 bits per heavy atom. The van der Waals surface area contributed by atoms with E-state index in [1.165, 1.54) is 12.1 Å². The number of rotatable bonds is 3. The van der Waals surface area contributed by atoms with Crippen LogP contribution >= 0.6 is 39.3 Å². The molecule has 108 valence electrons. The van der Waals surface area contributed by atoms with E-state index in [0.717, 1.165) is 16.2 Å². The van der Waals surface area contributed by atoms with Crippen LogP contribution in [0, 0.1) is 0 Å². The van der Waals surface area contributed by atoms with Gasteiger partial charge in [-0.25, -0.2) is 8.42 Å². The van der Waals surface area contributed by atoms with Crippen molar-refractivity contribution >= 4 is 66.0 Å². The Morgan fingerprint density at radius 2 is 1.81 bits per heavy atom. The van der Waals surface area contributed by atoms with E-state index in [1.54, 1.807) is 24.3 Å². The van der Waals surface area contributed by atoms with Crippen LogP contribution in [0.25, 0.3) is 11.0 Å². The molecular weight excluding hydrogens is 398 g/mol. The molecule has 0 radical (unpaired) electrons. The normalized spacial score (nSPS) is 11.7. The zero-order valence-corrected chi connectivity index (χ0v) is 14.2. The van der Waals surface area contributed by atoms with E-state index in [4.69, 9.17) is 11.6 Å². The van der Waals surface area contributed by atoms with Gasteiger partial charge in [0, 0.05) is 4.47 Å². The minimum absolute atomic E-state index is 0.141. The average molecular weight is 405 g/mol. The van der Waals surface area contributed by atoms with Crippen molar-refractivity contribution in [1.29, 1.82) is 0 Å². The topological polar surface area (TPSA) is 72.0 Å². The lowest BCUT2D eigenvalue weighted by atomic mass is 10.3. The maximum Gasteiger partial charge on any atom is 0.262 e. The van der Waals surface area contributed by atoms with Crippen LogP contribution in [0.1, 0.15) is 0 Å². The second-order valence-electron chi connectivity index (χ2n) is 4.11. The average Bonchev–Trinajstić information content (AvgIpc) is 2.91. The lowest BCUT2D eigenvalue weighted by Crippen LogP contribution is -2.13. The molecule has 5 nitrogen and oxygen atoms in total. The van der Waals surface area contributed by atoms with Gasteiger partial charge >= 0.3 is 0 Å². The molecule has 0 saturated carbocycles. The van der Waals surface area contributed by atoms with Crippen molar-refractivity contribution in [3.8, 4) is 0 Å². The van der Waals surface area contributed by atoms with Gasteiger partial charge in [0.2, 0.25) is 0 Å². The number of benzene rings is 2. The highest BCUT2D eigenvalue weighted by molar-refractivity contribution is 9.10. The van der Waals surface area contributed by atoms with Gasteiger partial charge in [-0.2, -0.15) is 8.75 Å². The Bertz CT molecular complexity index is 910. The molecule has 0 spiro atoms. The molecule has 1 aromatic heterocycles. The van der Waals surface area contributed by atoms with E-state index >= 15 is 0 Å². The molecule has 0 aliphatic rings. The van der Waals surface area contributed by atoms with E-state index in [9.17, 15) is 8.42 Å². The molecule has 0 unspecified atom stereocenters. The van der Waals surface area contributed by atoms with E-state index in [2.05, 4.69) is 29.4 Å². The number of nitrogens with one attached hydrogen (secondary N) is 1. The van der Waals surface area contributed by atoms with Crippen LogP contribution in [0.3, 0.4) is 0 Å². The molecule has 1 N–H and O–H groups in total. The largest absolute Gasteiger partial charge is 0.276 e. The minimum Gasteiger partial charge on any atom is -0.276 e. The summed E-state index contributed by atoms with van der Waals surface area (Å²) < 4.78 is 36.2. The Morgan fingerprint density at radius 3 is 2.52 bits per heavy atom. The first kappa shape index (κ1) is 14.7. The summed E-state index contributed by atoms with van der Waals surface area (Å²) in [6, 6.07) is 9.59. The minimum atomic E-state index is -3.74. The van der Waals surface area contributed by atoms with Crippen LogP contribution in [-0.4, -0.2) is 17.2 Å². The lowest BCUT2D eigenvalue weighted by Gasteiger charge is -2.10. The Hall–Kier alpha value is -1.22.